The number of nitrogens with two attached hydrogens (primary N) is 1. The Morgan fingerprint density at radius 3 is 2.43 bits per heavy atom. The van der Waals surface area contributed by atoms with Crippen LogP contribution in [0.1, 0.15) is 62.5 Å². The summed E-state index contributed by atoms with van der Waals surface area (Å²) < 4.78 is 1.89. The minimum absolute atomic E-state index is 0. The molecule has 1 fully saturated rings. The van der Waals surface area contributed by atoms with Crippen LogP contribution in [0.2, 0.25) is 0 Å². The summed E-state index contributed by atoms with van der Waals surface area (Å²) in [5.74, 6) is -0.0506. The van der Waals surface area contributed by atoms with Gasteiger partial charge in [0.1, 0.15) is 0 Å². The van der Waals surface area contributed by atoms with E-state index in [2.05, 4.69) is 31.2 Å². The maximum Gasteiger partial charge on any atom is 0.255 e. The van der Waals surface area contributed by atoms with Gasteiger partial charge in [0.05, 0.1) is 22.8 Å². The Morgan fingerprint density at radius 1 is 1.43 bits per heavy atom. The van der Waals surface area contributed by atoms with Gasteiger partial charge in [0.15, 0.2) is 0 Å². The summed E-state index contributed by atoms with van der Waals surface area (Å²) in [6.45, 7) is 8.68. The molecule has 5 nitrogen and oxygen atoms in total. The first-order valence-electron chi connectivity index (χ1n) is 7.37. The highest BCUT2D eigenvalue weighted by atomic mass is 35.5. The summed E-state index contributed by atoms with van der Waals surface area (Å²) in [7, 11) is 0. The SMILES string of the molecule is Cc1c(C(=O)NC2(CN)CCCC2)cnn1C(C)(C)C.Cl. The number of nitrogens with one attached hydrogen (secondary N) is 1. The number of hydrogen-bond acceptors (Lipinski definition) is 3. The molecular formula is C15H27ClN4O. The largest absolute Gasteiger partial charge is 0.345 e. The van der Waals surface area contributed by atoms with E-state index < -0.39 is 0 Å². The van der Waals surface area contributed by atoms with E-state index in [1.807, 2.05) is 11.6 Å². The van der Waals surface area contributed by atoms with Crippen LogP contribution >= 0.6 is 12.4 Å². The lowest BCUT2D eigenvalue weighted by Crippen LogP contribution is -2.51. The highest BCUT2D eigenvalue weighted by Crippen LogP contribution is 2.29. The Kier molecular flexibility index (Phi) is 5.45. The van der Waals surface area contributed by atoms with Crippen molar-refractivity contribution >= 4 is 18.3 Å². The number of carbonyl (C=O) groups excluding carboxylic acids is 1. The Balaban J connectivity index is 0.00000220. The van der Waals surface area contributed by atoms with E-state index in [-0.39, 0.29) is 29.4 Å². The molecule has 0 radical (unpaired) electrons. The van der Waals surface area contributed by atoms with Gasteiger partial charge < -0.3 is 11.1 Å². The summed E-state index contributed by atoms with van der Waals surface area (Å²) in [5, 5.41) is 7.50. The van der Waals surface area contributed by atoms with Crippen molar-refractivity contribution < 1.29 is 4.79 Å². The molecule has 0 saturated heterocycles. The van der Waals surface area contributed by atoms with Crippen LogP contribution in [0.15, 0.2) is 6.20 Å². The predicted octanol–water partition coefficient (Wildman–Crippen LogP) is 2.37. The molecule has 6 heteroatoms. The fourth-order valence-electron chi connectivity index (χ4n) is 3.05. The zero-order valence-electron chi connectivity index (χ0n) is 13.4. The van der Waals surface area contributed by atoms with Gasteiger partial charge in [-0.3, -0.25) is 9.48 Å². The smallest absolute Gasteiger partial charge is 0.255 e. The summed E-state index contributed by atoms with van der Waals surface area (Å²) >= 11 is 0. The molecule has 1 saturated carbocycles. The van der Waals surface area contributed by atoms with Crippen LogP contribution in [0.25, 0.3) is 0 Å². The molecule has 1 amide bonds. The molecule has 3 N–H and O–H groups in total. The molecule has 0 spiro atoms. The van der Waals surface area contributed by atoms with Crippen molar-refractivity contribution in [1.82, 2.24) is 15.1 Å². The molecule has 1 heterocycles. The maximum absolute atomic E-state index is 12.5. The van der Waals surface area contributed by atoms with E-state index in [0.717, 1.165) is 31.4 Å². The third kappa shape index (κ3) is 3.58. The molecule has 0 aliphatic heterocycles. The van der Waals surface area contributed by atoms with Crippen LogP contribution in [-0.4, -0.2) is 27.8 Å². The number of halogens is 1. The van der Waals surface area contributed by atoms with Crippen LogP contribution in [-0.2, 0) is 5.54 Å². The van der Waals surface area contributed by atoms with Gasteiger partial charge >= 0.3 is 0 Å². The van der Waals surface area contributed by atoms with Crippen molar-refractivity contribution in [3.8, 4) is 0 Å². The standard InChI is InChI=1S/C15H26N4O.ClH/c1-11-12(9-17-19(11)14(2,3)4)13(20)18-15(10-16)7-5-6-8-15;/h9H,5-8,10,16H2,1-4H3,(H,18,20);1H. The first-order valence-corrected chi connectivity index (χ1v) is 7.37. The molecule has 0 atom stereocenters. The minimum Gasteiger partial charge on any atom is -0.345 e. The highest BCUT2D eigenvalue weighted by molar-refractivity contribution is 5.95. The maximum atomic E-state index is 12.5. The lowest BCUT2D eigenvalue weighted by atomic mass is 9.97. The van der Waals surface area contributed by atoms with Crippen LogP contribution in [0.3, 0.4) is 0 Å². The van der Waals surface area contributed by atoms with E-state index in [4.69, 9.17) is 5.73 Å². The van der Waals surface area contributed by atoms with Gasteiger partial charge in [0.2, 0.25) is 0 Å². The number of aromatic nitrogens is 2. The van der Waals surface area contributed by atoms with E-state index in [1.54, 1.807) is 6.20 Å². The zero-order chi connectivity index (χ0) is 15.0. The van der Waals surface area contributed by atoms with Crippen LogP contribution in [0, 0.1) is 6.92 Å². The summed E-state index contributed by atoms with van der Waals surface area (Å²) in [6.07, 6.45) is 5.88. The van der Waals surface area contributed by atoms with Gasteiger partial charge in [0.25, 0.3) is 5.91 Å². The second-order valence-corrected chi connectivity index (χ2v) is 6.87. The zero-order valence-corrected chi connectivity index (χ0v) is 14.2. The van der Waals surface area contributed by atoms with E-state index >= 15 is 0 Å². The van der Waals surface area contributed by atoms with Gasteiger partial charge in [-0.05, 0) is 40.5 Å². The fourth-order valence-corrected chi connectivity index (χ4v) is 3.05. The minimum atomic E-state index is -0.215. The normalized spacial score (nSPS) is 17.4. The second-order valence-electron chi connectivity index (χ2n) is 6.87. The van der Waals surface area contributed by atoms with Crippen molar-refractivity contribution in [2.75, 3.05) is 6.54 Å². The molecule has 2 rings (SSSR count). The van der Waals surface area contributed by atoms with E-state index in [1.165, 1.54) is 0 Å². The Bertz CT molecular complexity index is 498. The molecule has 1 aliphatic carbocycles. The van der Waals surface area contributed by atoms with Crippen molar-refractivity contribution in [3.63, 3.8) is 0 Å². The topological polar surface area (TPSA) is 72.9 Å². The third-order valence-corrected chi connectivity index (χ3v) is 4.22. The number of rotatable bonds is 3. The second kappa shape index (κ2) is 6.36. The number of hydrogen-bond donors (Lipinski definition) is 2. The summed E-state index contributed by atoms with van der Waals surface area (Å²) in [4.78, 5) is 12.5. The van der Waals surface area contributed by atoms with E-state index in [0.29, 0.717) is 12.1 Å². The number of nitrogens with zero attached hydrogens (tertiary/aromatic N) is 2. The predicted molar refractivity (Wildman–Crippen MR) is 86.9 cm³/mol. The van der Waals surface area contributed by atoms with Gasteiger partial charge in [-0.2, -0.15) is 5.10 Å². The molecule has 1 aliphatic rings. The Labute approximate surface area is 133 Å². The van der Waals surface area contributed by atoms with Gasteiger partial charge in [0, 0.05) is 12.2 Å². The summed E-state index contributed by atoms with van der Waals surface area (Å²) in [6, 6.07) is 0. The van der Waals surface area contributed by atoms with Crippen molar-refractivity contribution in [2.24, 2.45) is 5.73 Å². The van der Waals surface area contributed by atoms with Gasteiger partial charge in [-0.1, -0.05) is 12.8 Å². The average Bonchev–Trinajstić information content (AvgIpc) is 2.95. The van der Waals surface area contributed by atoms with Crippen LogP contribution in [0.4, 0.5) is 0 Å². The van der Waals surface area contributed by atoms with Gasteiger partial charge in [-0.25, -0.2) is 0 Å². The first kappa shape index (κ1) is 18.0. The number of carbonyl (C=O) groups is 1. The molecule has 0 bridgehead atoms. The first-order chi connectivity index (χ1) is 9.29. The Morgan fingerprint density at radius 2 is 2.00 bits per heavy atom. The molecular weight excluding hydrogens is 288 g/mol. The third-order valence-electron chi connectivity index (χ3n) is 4.22. The number of amides is 1. The van der Waals surface area contributed by atoms with Crippen molar-refractivity contribution in [1.29, 1.82) is 0 Å². The lowest BCUT2D eigenvalue weighted by molar-refractivity contribution is 0.0902. The van der Waals surface area contributed by atoms with E-state index in [9.17, 15) is 4.79 Å². The molecule has 120 valence electrons. The molecule has 0 unspecified atom stereocenters. The Hall–Kier alpha value is -1.07. The summed E-state index contributed by atoms with van der Waals surface area (Å²) in [5.41, 5.74) is 7.09. The molecule has 1 aromatic rings. The molecule has 0 aromatic carbocycles. The monoisotopic (exact) mass is 314 g/mol. The molecule has 21 heavy (non-hydrogen) atoms. The van der Waals surface area contributed by atoms with Crippen LogP contribution < -0.4 is 11.1 Å². The van der Waals surface area contributed by atoms with Crippen molar-refractivity contribution in [2.45, 2.75) is 64.5 Å². The quantitative estimate of drug-likeness (QED) is 0.899. The van der Waals surface area contributed by atoms with Gasteiger partial charge in [-0.15, -0.1) is 12.4 Å². The average molecular weight is 315 g/mol. The fraction of sp³-hybridized carbons (Fsp3) is 0.733. The molecule has 1 aromatic heterocycles. The lowest BCUT2D eigenvalue weighted by Gasteiger charge is -2.28. The highest BCUT2D eigenvalue weighted by Gasteiger charge is 2.35. The van der Waals surface area contributed by atoms with Crippen molar-refractivity contribution in [3.05, 3.63) is 17.5 Å². The van der Waals surface area contributed by atoms with Crippen LogP contribution in [0.5, 0.6) is 0 Å².